The Kier molecular flexibility index (Phi) is 7.76. The number of hydrogen-bond acceptors (Lipinski definition) is 5. The molecule has 0 bridgehead atoms. The molecule has 0 aliphatic carbocycles. The van der Waals surface area contributed by atoms with Gasteiger partial charge < -0.3 is 19.5 Å². The van der Waals surface area contributed by atoms with Gasteiger partial charge in [-0.25, -0.2) is 4.79 Å². The molecule has 0 saturated carbocycles. The first-order valence-electron chi connectivity index (χ1n) is 12.9. The molecule has 0 spiro atoms. The van der Waals surface area contributed by atoms with Gasteiger partial charge in [0.25, 0.3) is 0 Å². The van der Waals surface area contributed by atoms with Gasteiger partial charge >= 0.3 is 5.97 Å². The molecule has 5 aromatic rings. The summed E-state index contributed by atoms with van der Waals surface area (Å²) < 4.78 is 10.9. The van der Waals surface area contributed by atoms with Crippen molar-refractivity contribution in [3.8, 4) is 22.6 Å². The minimum atomic E-state index is -1.20. The zero-order chi connectivity index (χ0) is 28.1. The van der Waals surface area contributed by atoms with Crippen LogP contribution in [0.3, 0.4) is 0 Å². The number of esters is 1. The molecule has 0 aromatic heterocycles. The van der Waals surface area contributed by atoms with E-state index in [9.17, 15) is 9.90 Å². The summed E-state index contributed by atoms with van der Waals surface area (Å²) in [4.78, 5) is 14.1. The summed E-state index contributed by atoms with van der Waals surface area (Å²) in [6.45, 7) is 9.08. The van der Waals surface area contributed by atoms with Gasteiger partial charge in [0.05, 0.1) is 5.69 Å². The number of aryl methyl sites for hydroxylation is 1. The molecule has 0 amide bonds. The van der Waals surface area contributed by atoms with Gasteiger partial charge in [-0.1, -0.05) is 79.4 Å². The van der Waals surface area contributed by atoms with Crippen molar-refractivity contribution in [2.45, 2.75) is 13.2 Å². The number of fused-ring (bicyclic) bond motifs is 1. The average Bonchev–Trinajstić information content (AvgIpc) is 2.98. The Labute approximate surface area is 233 Å². The summed E-state index contributed by atoms with van der Waals surface area (Å²) in [5.74, 6) is 0.0131. The summed E-state index contributed by atoms with van der Waals surface area (Å²) in [7, 11) is 0. The highest BCUT2D eigenvalue weighted by molar-refractivity contribution is 5.99. The molecule has 1 unspecified atom stereocenters. The van der Waals surface area contributed by atoms with Crippen LogP contribution >= 0.6 is 0 Å². The molecule has 1 N–H and O–H groups in total. The lowest BCUT2D eigenvalue weighted by Crippen LogP contribution is -2.11. The highest BCUT2D eigenvalue weighted by Gasteiger charge is 2.16. The van der Waals surface area contributed by atoms with Crippen molar-refractivity contribution in [1.82, 2.24) is 0 Å². The number of aliphatic hydroxyl groups excluding tert-OH is 1. The first-order valence-corrected chi connectivity index (χ1v) is 12.9. The molecule has 5 aromatic carbocycles. The van der Waals surface area contributed by atoms with E-state index in [4.69, 9.17) is 9.47 Å². The summed E-state index contributed by atoms with van der Waals surface area (Å²) in [5.41, 5.74) is 5.91. The first kappa shape index (κ1) is 26.5. The van der Waals surface area contributed by atoms with Gasteiger partial charge in [0.15, 0.2) is 0 Å². The molecule has 0 radical (unpaired) electrons. The molecule has 5 rings (SSSR count). The van der Waals surface area contributed by atoms with E-state index in [1.54, 1.807) is 12.1 Å². The average molecular weight is 528 g/mol. The topological polar surface area (TPSA) is 59.0 Å². The van der Waals surface area contributed by atoms with E-state index in [2.05, 4.69) is 97.8 Å². The second-order valence-corrected chi connectivity index (χ2v) is 9.28. The van der Waals surface area contributed by atoms with Crippen molar-refractivity contribution in [2.24, 2.45) is 0 Å². The summed E-state index contributed by atoms with van der Waals surface area (Å²) in [6.07, 6.45) is 1.15. The molecule has 0 saturated heterocycles. The molecule has 5 heteroatoms. The van der Waals surface area contributed by atoms with Crippen LogP contribution in [0.15, 0.2) is 135 Å². The van der Waals surface area contributed by atoms with Gasteiger partial charge in [-0.3, -0.25) is 0 Å². The van der Waals surface area contributed by atoms with Crippen LogP contribution in [0, 0.1) is 6.92 Å². The highest BCUT2D eigenvalue weighted by atomic mass is 16.6. The third-order valence-electron chi connectivity index (χ3n) is 6.48. The lowest BCUT2D eigenvalue weighted by atomic mass is 10.0. The predicted octanol–water partition coefficient (Wildman–Crippen LogP) is 8.26. The molecular weight excluding hydrogens is 498 g/mol. The fourth-order valence-electron chi connectivity index (χ4n) is 4.54. The zero-order valence-corrected chi connectivity index (χ0v) is 22.2. The lowest BCUT2D eigenvalue weighted by Gasteiger charge is -2.27. The molecule has 0 aliphatic rings. The third-order valence-corrected chi connectivity index (χ3v) is 6.48. The van der Waals surface area contributed by atoms with E-state index < -0.39 is 12.3 Å². The molecule has 0 fully saturated rings. The van der Waals surface area contributed by atoms with E-state index in [-0.39, 0.29) is 5.75 Å². The Bertz CT molecular complexity index is 1670. The number of benzene rings is 5. The van der Waals surface area contributed by atoms with Gasteiger partial charge in [-0.15, -0.1) is 0 Å². The number of carbonyl (C=O) groups excluding carboxylic acids is 1. The maximum atomic E-state index is 11.9. The number of nitrogens with zero attached hydrogens (tertiary/aromatic N) is 1. The Morgan fingerprint density at radius 3 is 2.15 bits per heavy atom. The molecule has 198 valence electrons. The third kappa shape index (κ3) is 5.80. The van der Waals surface area contributed by atoms with Crippen molar-refractivity contribution in [1.29, 1.82) is 0 Å². The SMILES string of the molecule is C=CC(=O)Oc1cc(OC(O)C=C)cc(-c2ccc(N(c3ccc(C)cc3)c3cccc4ccccc34)cc2)c1. The van der Waals surface area contributed by atoms with E-state index in [0.717, 1.165) is 45.0 Å². The van der Waals surface area contributed by atoms with Gasteiger partial charge in [-0.2, -0.15) is 0 Å². The van der Waals surface area contributed by atoms with Crippen LogP contribution in [0.25, 0.3) is 21.9 Å². The zero-order valence-electron chi connectivity index (χ0n) is 22.2. The monoisotopic (exact) mass is 527 g/mol. The number of aliphatic hydroxyl groups is 1. The van der Waals surface area contributed by atoms with Crippen LogP contribution in [0.4, 0.5) is 17.1 Å². The predicted molar refractivity (Wildman–Crippen MR) is 161 cm³/mol. The van der Waals surface area contributed by atoms with Crippen LogP contribution in [-0.2, 0) is 4.79 Å². The van der Waals surface area contributed by atoms with E-state index in [0.29, 0.717) is 5.75 Å². The van der Waals surface area contributed by atoms with Crippen LogP contribution < -0.4 is 14.4 Å². The van der Waals surface area contributed by atoms with Crippen molar-refractivity contribution >= 4 is 33.8 Å². The quantitative estimate of drug-likeness (QED) is 0.0687. The maximum Gasteiger partial charge on any atom is 0.335 e. The van der Waals surface area contributed by atoms with Crippen molar-refractivity contribution in [3.05, 3.63) is 140 Å². The fourth-order valence-corrected chi connectivity index (χ4v) is 4.54. The first-order chi connectivity index (χ1) is 19.4. The number of rotatable bonds is 9. The van der Waals surface area contributed by atoms with E-state index in [1.165, 1.54) is 17.7 Å². The summed E-state index contributed by atoms with van der Waals surface area (Å²) >= 11 is 0. The van der Waals surface area contributed by atoms with Crippen LogP contribution in [0.5, 0.6) is 11.5 Å². The normalized spacial score (nSPS) is 11.4. The highest BCUT2D eigenvalue weighted by Crippen LogP contribution is 2.40. The Hall–Kier alpha value is -5.13. The Balaban J connectivity index is 1.58. The molecule has 1 atom stereocenters. The van der Waals surface area contributed by atoms with E-state index in [1.807, 2.05) is 18.2 Å². The number of ether oxygens (including phenoxy) is 2. The Morgan fingerprint density at radius 1 is 0.800 bits per heavy atom. The maximum absolute atomic E-state index is 11.9. The van der Waals surface area contributed by atoms with E-state index >= 15 is 0 Å². The minimum Gasteiger partial charge on any atom is -0.461 e. The number of hydrogen-bond donors (Lipinski definition) is 1. The number of carbonyl (C=O) groups is 1. The summed E-state index contributed by atoms with van der Waals surface area (Å²) in [5, 5.41) is 12.2. The lowest BCUT2D eigenvalue weighted by molar-refractivity contribution is -0.128. The van der Waals surface area contributed by atoms with Crippen LogP contribution in [-0.4, -0.2) is 17.4 Å². The standard InChI is InChI=1S/C35H29NO4/c1-4-34(37)39-30-21-27(22-31(23-30)40-35(38)5-2)25-15-19-29(20-16-25)36(28-17-13-24(3)14-18-28)33-12-8-10-26-9-6-7-11-32(26)33/h4-23,34,37H,1-2H2,3H3. The fraction of sp³-hybridized carbons (Fsp3) is 0.0571. The summed E-state index contributed by atoms with van der Waals surface area (Å²) in [6, 6.07) is 36.3. The van der Waals surface area contributed by atoms with Gasteiger partial charge in [0.2, 0.25) is 6.29 Å². The molecule has 0 heterocycles. The number of anilines is 3. The van der Waals surface area contributed by atoms with Gasteiger partial charge in [0, 0.05) is 28.9 Å². The molecular formula is C35H29NO4. The molecule has 40 heavy (non-hydrogen) atoms. The van der Waals surface area contributed by atoms with Crippen molar-refractivity contribution < 1.29 is 19.4 Å². The van der Waals surface area contributed by atoms with Gasteiger partial charge in [0.1, 0.15) is 11.5 Å². The second-order valence-electron chi connectivity index (χ2n) is 9.28. The van der Waals surface area contributed by atoms with Crippen molar-refractivity contribution in [2.75, 3.05) is 4.90 Å². The molecule has 5 nitrogen and oxygen atoms in total. The van der Waals surface area contributed by atoms with Gasteiger partial charge in [-0.05, 0) is 72.0 Å². The largest absolute Gasteiger partial charge is 0.461 e. The Morgan fingerprint density at radius 2 is 1.45 bits per heavy atom. The second kappa shape index (κ2) is 11.7. The van der Waals surface area contributed by atoms with Crippen LogP contribution in [0.1, 0.15) is 5.56 Å². The van der Waals surface area contributed by atoms with Crippen molar-refractivity contribution in [3.63, 3.8) is 0 Å². The van der Waals surface area contributed by atoms with Crippen LogP contribution in [0.2, 0.25) is 0 Å². The minimum absolute atomic E-state index is 0.273. The smallest absolute Gasteiger partial charge is 0.335 e. The molecule has 0 aliphatic heterocycles.